The molecule has 0 atom stereocenters. The summed E-state index contributed by atoms with van der Waals surface area (Å²) < 4.78 is 0. The van der Waals surface area contributed by atoms with Crippen molar-refractivity contribution in [2.75, 3.05) is 26.2 Å². The molecular formula is C20H24N6O4. The fourth-order valence-corrected chi connectivity index (χ4v) is 2.49. The first kappa shape index (κ1) is 22.5. The summed E-state index contributed by atoms with van der Waals surface area (Å²) in [4.78, 5) is 20.5. The number of likely N-dealkylation sites (N-methyl/N-ethyl adjacent to an activating group) is 2. The molecule has 10 nitrogen and oxygen atoms in total. The van der Waals surface area contributed by atoms with Gasteiger partial charge in [0.25, 0.3) is 11.4 Å². The molecule has 0 saturated heterocycles. The maximum atomic E-state index is 10.7. The molecule has 2 aromatic rings. The maximum Gasteiger partial charge on any atom is 0.269 e. The number of nitro groups is 2. The van der Waals surface area contributed by atoms with Crippen molar-refractivity contribution >= 4 is 23.8 Å². The van der Waals surface area contributed by atoms with Crippen molar-refractivity contribution in [2.24, 2.45) is 10.2 Å². The van der Waals surface area contributed by atoms with Crippen LogP contribution in [0, 0.1) is 20.2 Å². The van der Waals surface area contributed by atoms with E-state index in [2.05, 4.69) is 10.2 Å². The molecule has 0 amide bonds. The Balaban J connectivity index is 1.91. The van der Waals surface area contributed by atoms with Crippen molar-refractivity contribution in [3.8, 4) is 0 Å². The van der Waals surface area contributed by atoms with Crippen LogP contribution < -0.4 is 0 Å². The lowest BCUT2D eigenvalue weighted by Crippen LogP contribution is -2.29. The number of nitrogens with zero attached hydrogens (tertiary/aromatic N) is 6. The van der Waals surface area contributed by atoms with E-state index in [-0.39, 0.29) is 11.4 Å². The lowest BCUT2D eigenvalue weighted by molar-refractivity contribution is -0.385. The first-order valence-electron chi connectivity index (χ1n) is 9.49. The molecule has 2 aromatic carbocycles. The van der Waals surface area contributed by atoms with Gasteiger partial charge in [-0.3, -0.25) is 30.2 Å². The highest BCUT2D eigenvalue weighted by molar-refractivity contribution is 5.80. The average Bonchev–Trinajstić information content (AvgIpc) is 2.76. The fraction of sp³-hybridized carbons (Fsp3) is 0.300. The van der Waals surface area contributed by atoms with E-state index in [1.807, 2.05) is 23.9 Å². The van der Waals surface area contributed by atoms with Gasteiger partial charge in [0.2, 0.25) is 0 Å². The summed E-state index contributed by atoms with van der Waals surface area (Å²) in [6.07, 6.45) is 3.34. The lowest BCUT2D eigenvalue weighted by Gasteiger charge is -2.22. The van der Waals surface area contributed by atoms with E-state index < -0.39 is 9.85 Å². The van der Waals surface area contributed by atoms with Gasteiger partial charge < -0.3 is 0 Å². The highest BCUT2D eigenvalue weighted by Gasteiger charge is 2.05. The fourth-order valence-electron chi connectivity index (χ4n) is 2.49. The van der Waals surface area contributed by atoms with E-state index in [4.69, 9.17) is 0 Å². The summed E-state index contributed by atoms with van der Waals surface area (Å²) in [5, 5.41) is 34.0. The molecule has 0 bridgehead atoms. The van der Waals surface area contributed by atoms with Crippen LogP contribution in [0.4, 0.5) is 11.4 Å². The second-order valence-corrected chi connectivity index (χ2v) is 6.28. The second-order valence-electron chi connectivity index (χ2n) is 6.28. The molecule has 158 valence electrons. The average molecular weight is 412 g/mol. The third-order valence-electron chi connectivity index (χ3n) is 4.29. The van der Waals surface area contributed by atoms with Crippen LogP contribution in [0.25, 0.3) is 0 Å². The van der Waals surface area contributed by atoms with Gasteiger partial charge in [0, 0.05) is 37.4 Å². The predicted octanol–water partition coefficient (Wildman–Crippen LogP) is 3.51. The molecule has 2 rings (SSSR count). The minimum absolute atomic E-state index is 0.0453. The van der Waals surface area contributed by atoms with Crippen LogP contribution in [0.15, 0.2) is 58.7 Å². The van der Waals surface area contributed by atoms with Gasteiger partial charge in [-0.1, -0.05) is 0 Å². The zero-order valence-corrected chi connectivity index (χ0v) is 16.9. The Kier molecular flexibility index (Phi) is 8.42. The molecular weight excluding hydrogens is 388 g/mol. The van der Waals surface area contributed by atoms with Gasteiger partial charge in [-0.25, -0.2) is 0 Å². The largest absolute Gasteiger partial charge is 0.295 e. The normalized spacial score (nSPS) is 11.1. The van der Waals surface area contributed by atoms with Gasteiger partial charge >= 0.3 is 0 Å². The van der Waals surface area contributed by atoms with E-state index in [9.17, 15) is 20.2 Å². The van der Waals surface area contributed by atoms with Crippen LogP contribution in [0.3, 0.4) is 0 Å². The molecule has 0 spiro atoms. The Bertz CT molecular complexity index is 821. The van der Waals surface area contributed by atoms with Crippen molar-refractivity contribution in [2.45, 2.75) is 13.8 Å². The monoisotopic (exact) mass is 412 g/mol. The minimum atomic E-state index is -0.435. The number of nitro benzene ring substituents is 2. The molecule has 0 aliphatic carbocycles. The van der Waals surface area contributed by atoms with E-state index in [1.54, 1.807) is 36.7 Å². The zero-order valence-electron chi connectivity index (χ0n) is 16.9. The van der Waals surface area contributed by atoms with Crippen molar-refractivity contribution in [3.63, 3.8) is 0 Å². The van der Waals surface area contributed by atoms with Crippen LogP contribution in [0.2, 0.25) is 0 Å². The quantitative estimate of drug-likeness (QED) is 0.317. The first-order chi connectivity index (χ1) is 14.4. The van der Waals surface area contributed by atoms with Crippen molar-refractivity contribution in [1.82, 2.24) is 10.0 Å². The number of hydrazone groups is 2. The van der Waals surface area contributed by atoms with Crippen molar-refractivity contribution < 1.29 is 9.85 Å². The van der Waals surface area contributed by atoms with Crippen LogP contribution in [0.1, 0.15) is 25.0 Å². The Morgan fingerprint density at radius 2 is 1.07 bits per heavy atom. The molecule has 0 saturated carbocycles. The van der Waals surface area contributed by atoms with Gasteiger partial charge in [-0.15, -0.1) is 0 Å². The van der Waals surface area contributed by atoms with Gasteiger partial charge in [0.15, 0.2) is 0 Å². The second kappa shape index (κ2) is 11.2. The van der Waals surface area contributed by atoms with E-state index in [1.165, 1.54) is 24.3 Å². The van der Waals surface area contributed by atoms with Crippen LogP contribution in [0.5, 0.6) is 0 Å². The smallest absolute Gasteiger partial charge is 0.269 e. The summed E-state index contributed by atoms with van der Waals surface area (Å²) in [6, 6.07) is 12.4. The summed E-state index contributed by atoms with van der Waals surface area (Å²) in [5.74, 6) is 0. The Morgan fingerprint density at radius 1 is 0.733 bits per heavy atom. The molecule has 0 heterocycles. The molecule has 0 radical (unpaired) electrons. The molecule has 0 N–H and O–H groups in total. The summed E-state index contributed by atoms with van der Waals surface area (Å²) in [7, 11) is 0. The summed E-state index contributed by atoms with van der Waals surface area (Å²) in [5.41, 5.74) is 1.65. The lowest BCUT2D eigenvalue weighted by atomic mass is 10.2. The zero-order chi connectivity index (χ0) is 21.9. The Morgan fingerprint density at radius 3 is 1.33 bits per heavy atom. The summed E-state index contributed by atoms with van der Waals surface area (Å²) in [6.45, 7) is 6.67. The van der Waals surface area contributed by atoms with Crippen molar-refractivity contribution in [3.05, 3.63) is 79.9 Å². The standard InChI is InChI=1S/C20H24N6O4/c1-3-23(21-15-17-5-9-19(10-6-17)25(27)28)13-14-24(4-2)22-16-18-7-11-20(12-8-18)26(29)30/h5-12,15-16H,3-4,13-14H2,1-2H3/b21-15-,22-16+. The molecule has 0 unspecified atom stereocenters. The molecule has 30 heavy (non-hydrogen) atoms. The van der Waals surface area contributed by atoms with E-state index in [0.29, 0.717) is 26.2 Å². The highest BCUT2D eigenvalue weighted by Crippen LogP contribution is 2.11. The van der Waals surface area contributed by atoms with E-state index >= 15 is 0 Å². The maximum absolute atomic E-state index is 10.7. The van der Waals surface area contributed by atoms with Crippen LogP contribution in [-0.2, 0) is 0 Å². The predicted molar refractivity (Wildman–Crippen MR) is 116 cm³/mol. The first-order valence-corrected chi connectivity index (χ1v) is 9.49. The number of hydrogen-bond donors (Lipinski definition) is 0. The Hall–Kier alpha value is -3.82. The van der Waals surface area contributed by atoms with Crippen molar-refractivity contribution in [1.29, 1.82) is 0 Å². The van der Waals surface area contributed by atoms with Crippen LogP contribution in [-0.4, -0.2) is 58.5 Å². The number of rotatable bonds is 11. The number of hydrogen-bond acceptors (Lipinski definition) is 8. The SMILES string of the molecule is CCN(CCN(CC)/N=C/c1ccc([N+](=O)[O-])cc1)/N=C\c1ccc([N+](=O)[O-])cc1. The number of non-ortho nitro benzene ring substituents is 2. The number of benzene rings is 2. The highest BCUT2D eigenvalue weighted by atomic mass is 16.6. The molecule has 10 heteroatoms. The minimum Gasteiger partial charge on any atom is -0.295 e. The van der Waals surface area contributed by atoms with E-state index in [0.717, 1.165) is 11.1 Å². The summed E-state index contributed by atoms with van der Waals surface area (Å²) >= 11 is 0. The van der Waals surface area contributed by atoms with Gasteiger partial charge in [-0.2, -0.15) is 10.2 Å². The van der Waals surface area contributed by atoms with Gasteiger partial charge in [0.1, 0.15) is 0 Å². The molecule has 0 aliphatic rings. The molecule has 0 aromatic heterocycles. The third-order valence-corrected chi connectivity index (χ3v) is 4.29. The third kappa shape index (κ3) is 6.97. The topological polar surface area (TPSA) is 117 Å². The van der Waals surface area contributed by atoms with Crippen LogP contribution >= 0.6 is 0 Å². The molecule has 0 fully saturated rings. The molecule has 0 aliphatic heterocycles. The Labute approximate surface area is 174 Å². The van der Waals surface area contributed by atoms with Gasteiger partial charge in [-0.05, 0) is 49.2 Å². The van der Waals surface area contributed by atoms with Gasteiger partial charge in [0.05, 0.1) is 35.4 Å².